The van der Waals surface area contributed by atoms with E-state index in [1.165, 1.54) is 11.1 Å². The van der Waals surface area contributed by atoms with Crippen molar-refractivity contribution in [1.82, 2.24) is 10.2 Å². The van der Waals surface area contributed by atoms with E-state index in [0.29, 0.717) is 12.1 Å². The fourth-order valence-electron chi connectivity index (χ4n) is 2.93. The number of morpholine rings is 1. The van der Waals surface area contributed by atoms with Crippen molar-refractivity contribution in [2.45, 2.75) is 20.0 Å². The normalized spacial score (nSPS) is 15.2. The molecule has 126 valence electrons. The highest BCUT2D eigenvalue weighted by Crippen LogP contribution is 2.11. The summed E-state index contributed by atoms with van der Waals surface area (Å²) in [6.45, 7) is 6.94. The average molecular weight is 324 g/mol. The minimum atomic E-state index is -0.0275. The summed E-state index contributed by atoms with van der Waals surface area (Å²) in [6.07, 6.45) is 0. The Labute approximate surface area is 143 Å². The average Bonchev–Trinajstić information content (AvgIpc) is 2.61. The first-order valence-corrected chi connectivity index (χ1v) is 8.43. The summed E-state index contributed by atoms with van der Waals surface area (Å²) in [5.74, 6) is -0.0275. The first-order chi connectivity index (χ1) is 11.7. The molecule has 0 bridgehead atoms. The molecule has 24 heavy (non-hydrogen) atoms. The van der Waals surface area contributed by atoms with Gasteiger partial charge in [0.25, 0.3) is 5.91 Å². The molecular weight excluding hydrogens is 300 g/mol. The largest absolute Gasteiger partial charge is 0.379 e. The highest BCUT2D eigenvalue weighted by molar-refractivity contribution is 5.94. The Morgan fingerprint density at radius 2 is 1.83 bits per heavy atom. The van der Waals surface area contributed by atoms with Crippen molar-refractivity contribution in [2.24, 2.45) is 0 Å². The molecule has 0 unspecified atom stereocenters. The van der Waals surface area contributed by atoms with E-state index in [1.54, 1.807) is 0 Å². The number of hydrogen-bond donors (Lipinski definition) is 1. The Bertz CT molecular complexity index is 694. The van der Waals surface area contributed by atoms with Gasteiger partial charge in [-0.1, -0.05) is 42.0 Å². The molecule has 0 radical (unpaired) electrons. The van der Waals surface area contributed by atoms with Crippen LogP contribution in [0.2, 0.25) is 0 Å². The molecule has 1 aliphatic heterocycles. The topological polar surface area (TPSA) is 41.6 Å². The molecule has 0 saturated carbocycles. The van der Waals surface area contributed by atoms with Gasteiger partial charge in [-0.05, 0) is 30.2 Å². The van der Waals surface area contributed by atoms with Gasteiger partial charge in [-0.2, -0.15) is 0 Å². The van der Waals surface area contributed by atoms with Gasteiger partial charge in [0.05, 0.1) is 13.2 Å². The molecule has 3 rings (SSSR count). The zero-order valence-electron chi connectivity index (χ0n) is 14.1. The summed E-state index contributed by atoms with van der Waals surface area (Å²) in [5.41, 5.74) is 4.20. The predicted molar refractivity (Wildman–Crippen MR) is 94.9 cm³/mol. The first kappa shape index (κ1) is 16.7. The highest BCUT2D eigenvalue weighted by atomic mass is 16.5. The van der Waals surface area contributed by atoms with E-state index in [4.69, 9.17) is 4.74 Å². The molecule has 1 amide bonds. The molecule has 0 atom stereocenters. The van der Waals surface area contributed by atoms with E-state index < -0.39 is 0 Å². The Kier molecular flexibility index (Phi) is 5.62. The van der Waals surface area contributed by atoms with Gasteiger partial charge in [-0.25, -0.2) is 0 Å². The van der Waals surface area contributed by atoms with Crippen LogP contribution in [-0.2, 0) is 17.8 Å². The van der Waals surface area contributed by atoms with E-state index in [2.05, 4.69) is 35.3 Å². The molecule has 1 N–H and O–H groups in total. The van der Waals surface area contributed by atoms with Gasteiger partial charge in [0.15, 0.2) is 0 Å². The number of carbonyl (C=O) groups is 1. The van der Waals surface area contributed by atoms with Crippen LogP contribution in [0.15, 0.2) is 48.5 Å². The molecular formula is C20H24N2O2. The summed E-state index contributed by atoms with van der Waals surface area (Å²) in [5, 5.41) is 3.00. The number of nitrogens with zero attached hydrogens (tertiary/aromatic N) is 1. The number of hydrogen-bond acceptors (Lipinski definition) is 3. The van der Waals surface area contributed by atoms with Gasteiger partial charge >= 0.3 is 0 Å². The molecule has 4 heteroatoms. The third-order valence-corrected chi connectivity index (χ3v) is 4.23. The molecule has 1 aliphatic rings. The summed E-state index contributed by atoms with van der Waals surface area (Å²) >= 11 is 0. The lowest BCUT2D eigenvalue weighted by atomic mass is 10.1. The Morgan fingerprint density at radius 3 is 2.62 bits per heavy atom. The van der Waals surface area contributed by atoms with Crippen LogP contribution in [0.25, 0.3) is 0 Å². The standard InChI is InChI=1S/C20H24N2O2/c1-16-4-2-5-17(12-16)14-21-20(23)19-7-3-6-18(13-19)15-22-8-10-24-11-9-22/h2-7,12-13H,8-11,14-15H2,1H3,(H,21,23). The maximum Gasteiger partial charge on any atom is 0.251 e. The first-order valence-electron chi connectivity index (χ1n) is 8.43. The molecule has 0 aromatic heterocycles. The highest BCUT2D eigenvalue weighted by Gasteiger charge is 2.12. The molecule has 1 fully saturated rings. The molecule has 1 saturated heterocycles. The van der Waals surface area contributed by atoms with Gasteiger partial charge in [0, 0.05) is 31.7 Å². The van der Waals surface area contributed by atoms with Crippen LogP contribution < -0.4 is 5.32 Å². The third-order valence-electron chi connectivity index (χ3n) is 4.23. The second-order valence-electron chi connectivity index (χ2n) is 6.26. The second-order valence-corrected chi connectivity index (χ2v) is 6.26. The van der Waals surface area contributed by atoms with E-state index in [1.807, 2.05) is 30.3 Å². The molecule has 2 aromatic carbocycles. The van der Waals surface area contributed by atoms with E-state index in [9.17, 15) is 4.79 Å². The predicted octanol–water partition coefficient (Wildman–Crippen LogP) is 2.76. The molecule has 0 aliphatic carbocycles. The number of rotatable bonds is 5. The maximum absolute atomic E-state index is 12.4. The number of ether oxygens (including phenoxy) is 1. The van der Waals surface area contributed by atoms with Crippen molar-refractivity contribution in [1.29, 1.82) is 0 Å². The Hall–Kier alpha value is -2.17. The van der Waals surface area contributed by atoms with Gasteiger partial charge in [-0.15, -0.1) is 0 Å². The van der Waals surface area contributed by atoms with Gasteiger partial charge in [-0.3, -0.25) is 9.69 Å². The van der Waals surface area contributed by atoms with Crippen LogP contribution >= 0.6 is 0 Å². The van der Waals surface area contributed by atoms with E-state index >= 15 is 0 Å². The van der Waals surface area contributed by atoms with Crippen LogP contribution in [0, 0.1) is 6.92 Å². The van der Waals surface area contributed by atoms with Crippen molar-refractivity contribution in [3.63, 3.8) is 0 Å². The van der Waals surface area contributed by atoms with Crippen LogP contribution in [0.3, 0.4) is 0 Å². The maximum atomic E-state index is 12.4. The van der Waals surface area contributed by atoms with Crippen LogP contribution in [-0.4, -0.2) is 37.1 Å². The zero-order valence-corrected chi connectivity index (χ0v) is 14.1. The SMILES string of the molecule is Cc1cccc(CNC(=O)c2cccc(CN3CCOCC3)c2)c1. The summed E-state index contributed by atoms with van der Waals surface area (Å²) < 4.78 is 5.38. The third kappa shape index (κ3) is 4.66. The summed E-state index contributed by atoms with van der Waals surface area (Å²) in [6, 6.07) is 16.1. The number of benzene rings is 2. The molecule has 0 spiro atoms. The zero-order chi connectivity index (χ0) is 16.8. The van der Waals surface area contributed by atoms with Gasteiger partial charge < -0.3 is 10.1 Å². The summed E-state index contributed by atoms with van der Waals surface area (Å²) in [4.78, 5) is 14.8. The van der Waals surface area contributed by atoms with Crippen molar-refractivity contribution < 1.29 is 9.53 Å². The van der Waals surface area contributed by atoms with E-state index in [-0.39, 0.29) is 5.91 Å². The van der Waals surface area contributed by atoms with Crippen molar-refractivity contribution in [2.75, 3.05) is 26.3 Å². The van der Waals surface area contributed by atoms with Crippen molar-refractivity contribution in [3.8, 4) is 0 Å². The summed E-state index contributed by atoms with van der Waals surface area (Å²) in [7, 11) is 0. The van der Waals surface area contributed by atoms with E-state index in [0.717, 1.165) is 38.4 Å². The smallest absolute Gasteiger partial charge is 0.251 e. The quantitative estimate of drug-likeness (QED) is 0.919. The van der Waals surface area contributed by atoms with Crippen molar-refractivity contribution >= 4 is 5.91 Å². The molecule has 1 heterocycles. The second kappa shape index (κ2) is 8.08. The lowest BCUT2D eigenvalue weighted by Gasteiger charge is -2.26. The number of aryl methyl sites for hydroxylation is 1. The number of amides is 1. The minimum absolute atomic E-state index is 0.0275. The number of nitrogens with one attached hydrogen (secondary N) is 1. The fraction of sp³-hybridized carbons (Fsp3) is 0.350. The van der Waals surface area contributed by atoms with Crippen LogP contribution in [0.4, 0.5) is 0 Å². The van der Waals surface area contributed by atoms with Crippen LogP contribution in [0.5, 0.6) is 0 Å². The molecule has 4 nitrogen and oxygen atoms in total. The lowest BCUT2D eigenvalue weighted by Crippen LogP contribution is -2.35. The fourth-order valence-corrected chi connectivity index (χ4v) is 2.93. The van der Waals surface area contributed by atoms with Crippen LogP contribution in [0.1, 0.15) is 27.0 Å². The molecule has 2 aromatic rings. The van der Waals surface area contributed by atoms with Crippen molar-refractivity contribution in [3.05, 3.63) is 70.8 Å². The Balaban J connectivity index is 1.59. The monoisotopic (exact) mass is 324 g/mol. The minimum Gasteiger partial charge on any atom is -0.379 e. The Morgan fingerprint density at radius 1 is 1.08 bits per heavy atom. The number of carbonyl (C=O) groups excluding carboxylic acids is 1. The van der Waals surface area contributed by atoms with Gasteiger partial charge in [0.1, 0.15) is 0 Å². The van der Waals surface area contributed by atoms with Gasteiger partial charge in [0.2, 0.25) is 0 Å². The lowest BCUT2D eigenvalue weighted by molar-refractivity contribution is 0.0342.